The van der Waals surface area contributed by atoms with Crippen LogP contribution in [-0.2, 0) is 0 Å². The summed E-state index contributed by atoms with van der Waals surface area (Å²) in [6, 6.07) is 0.428. The number of amides is 1. The molecule has 3 nitrogen and oxygen atoms in total. The second-order valence-electron chi connectivity index (χ2n) is 5.48. The van der Waals surface area contributed by atoms with Gasteiger partial charge < -0.3 is 10.2 Å². The Kier molecular flexibility index (Phi) is 3.16. The van der Waals surface area contributed by atoms with E-state index < -0.39 is 0 Å². The Morgan fingerprint density at radius 1 is 1.50 bits per heavy atom. The summed E-state index contributed by atoms with van der Waals surface area (Å²) in [4.78, 5) is 14.8. The molecule has 2 saturated heterocycles. The molecule has 98 valence electrons. The average Bonchev–Trinajstić information content (AvgIpc) is 3.01. The van der Waals surface area contributed by atoms with E-state index in [9.17, 15) is 4.79 Å². The molecule has 18 heavy (non-hydrogen) atoms. The highest BCUT2D eigenvalue weighted by atomic mass is 32.1. The molecule has 3 heterocycles. The predicted octanol–water partition coefficient (Wildman–Crippen LogP) is 2.13. The third-order valence-corrected chi connectivity index (χ3v) is 5.34. The van der Waals surface area contributed by atoms with Gasteiger partial charge in [0.15, 0.2) is 0 Å². The fourth-order valence-corrected chi connectivity index (χ4v) is 4.34. The van der Waals surface area contributed by atoms with E-state index in [1.54, 1.807) is 11.3 Å². The van der Waals surface area contributed by atoms with Gasteiger partial charge in [0.05, 0.1) is 5.56 Å². The zero-order chi connectivity index (χ0) is 12.7. The van der Waals surface area contributed by atoms with Crippen LogP contribution in [0.1, 0.15) is 29.3 Å². The van der Waals surface area contributed by atoms with Crippen molar-refractivity contribution in [2.75, 3.05) is 19.6 Å². The third kappa shape index (κ3) is 1.79. The van der Waals surface area contributed by atoms with Crippen LogP contribution in [0.15, 0.2) is 10.8 Å². The van der Waals surface area contributed by atoms with Gasteiger partial charge in [-0.2, -0.15) is 11.3 Å². The van der Waals surface area contributed by atoms with E-state index >= 15 is 0 Å². The molecule has 2 aliphatic rings. The first-order valence-corrected chi connectivity index (χ1v) is 7.71. The number of fused-ring (bicyclic) bond motifs is 1. The molecule has 3 rings (SSSR count). The topological polar surface area (TPSA) is 32.3 Å². The van der Waals surface area contributed by atoms with Gasteiger partial charge in [-0.3, -0.25) is 4.79 Å². The Labute approximate surface area is 112 Å². The number of rotatable bonds is 2. The molecule has 0 spiro atoms. The fourth-order valence-electron chi connectivity index (χ4n) is 3.51. The molecule has 0 saturated carbocycles. The van der Waals surface area contributed by atoms with Crippen LogP contribution in [0.2, 0.25) is 0 Å². The fraction of sp³-hybridized carbons (Fsp3) is 0.643. The first-order valence-electron chi connectivity index (χ1n) is 6.76. The van der Waals surface area contributed by atoms with Crippen LogP contribution in [-0.4, -0.2) is 36.5 Å². The molecule has 2 fully saturated rings. The number of nitrogens with one attached hydrogen (secondary N) is 1. The van der Waals surface area contributed by atoms with Crippen molar-refractivity contribution in [3.8, 4) is 0 Å². The molecular weight excluding hydrogens is 244 g/mol. The van der Waals surface area contributed by atoms with Gasteiger partial charge in [0.2, 0.25) is 0 Å². The molecule has 1 aromatic rings. The number of nitrogens with zero attached hydrogens (tertiary/aromatic N) is 1. The van der Waals surface area contributed by atoms with Crippen LogP contribution in [0.25, 0.3) is 0 Å². The van der Waals surface area contributed by atoms with Crippen molar-refractivity contribution in [3.63, 3.8) is 0 Å². The third-order valence-electron chi connectivity index (χ3n) is 4.48. The summed E-state index contributed by atoms with van der Waals surface area (Å²) in [6.45, 7) is 7.32. The van der Waals surface area contributed by atoms with Gasteiger partial charge in [-0.1, -0.05) is 6.92 Å². The highest BCUT2D eigenvalue weighted by molar-refractivity contribution is 7.08. The predicted molar refractivity (Wildman–Crippen MR) is 74.0 cm³/mol. The van der Waals surface area contributed by atoms with Gasteiger partial charge in [0, 0.05) is 31.1 Å². The molecule has 3 atom stereocenters. The van der Waals surface area contributed by atoms with E-state index in [4.69, 9.17) is 0 Å². The second-order valence-corrected chi connectivity index (χ2v) is 6.23. The minimum atomic E-state index is 0.245. The molecule has 0 aliphatic carbocycles. The number of carbonyl (C=O) groups is 1. The van der Waals surface area contributed by atoms with E-state index in [1.165, 1.54) is 0 Å². The van der Waals surface area contributed by atoms with Crippen molar-refractivity contribution in [2.45, 2.75) is 26.3 Å². The molecule has 0 radical (unpaired) electrons. The quantitative estimate of drug-likeness (QED) is 0.887. The highest BCUT2D eigenvalue weighted by Crippen LogP contribution is 2.35. The van der Waals surface area contributed by atoms with Gasteiger partial charge in [-0.15, -0.1) is 0 Å². The largest absolute Gasteiger partial charge is 0.335 e. The lowest BCUT2D eigenvalue weighted by atomic mass is 9.93. The summed E-state index contributed by atoms with van der Waals surface area (Å²) in [5.74, 6) is 1.57. The maximum Gasteiger partial charge on any atom is 0.255 e. The number of hydrogen-bond acceptors (Lipinski definition) is 3. The summed E-state index contributed by atoms with van der Waals surface area (Å²) >= 11 is 1.62. The van der Waals surface area contributed by atoms with Gasteiger partial charge in [-0.25, -0.2) is 0 Å². The number of carbonyl (C=O) groups excluding carboxylic acids is 1. The summed E-state index contributed by atoms with van der Waals surface area (Å²) < 4.78 is 0. The zero-order valence-corrected chi connectivity index (χ0v) is 11.8. The van der Waals surface area contributed by atoms with Crippen LogP contribution in [0.3, 0.4) is 0 Å². The zero-order valence-electron chi connectivity index (χ0n) is 11.0. The molecule has 1 amide bonds. The smallest absolute Gasteiger partial charge is 0.255 e. The Hall–Kier alpha value is -0.870. The molecule has 1 aromatic heterocycles. The van der Waals surface area contributed by atoms with Crippen LogP contribution in [0.5, 0.6) is 0 Å². The summed E-state index contributed by atoms with van der Waals surface area (Å²) in [5.41, 5.74) is 2.03. The lowest BCUT2D eigenvalue weighted by molar-refractivity contribution is 0.0711. The lowest BCUT2D eigenvalue weighted by Gasteiger charge is -2.27. The molecule has 1 N–H and O–H groups in total. The van der Waals surface area contributed by atoms with E-state index in [0.29, 0.717) is 17.9 Å². The molecular formula is C14H20N2OS. The van der Waals surface area contributed by atoms with Gasteiger partial charge in [0.25, 0.3) is 5.91 Å². The maximum absolute atomic E-state index is 12.6. The van der Waals surface area contributed by atoms with Gasteiger partial charge >= 0.3 is 0 Å². The number of hydrogen-bond donors (Lipinski definition) is 1. The lowest BCUT2D eigenvalue weighted by Crippen LogP contribution is -2.39. The minimum absolute atomic E-state index is 0.245. The first-order chi connectivity index (χ1) is 8.72. The van der Waals surface area contributed by atoms with Crippen molar-refractivity contribution < 1.29 is 4.79 Å². The van der Waals surface area contributed by atoms with Crippen molar-refractivity contribution in [2.24, 2.45) is 11.8 Å². The monoisotopic (exact) mass is 264 g/mol. The summed E-state index contributed by atoms with van der Waals surface area (Å²) in [5, 5.41) is 7.52. The van der Waals surface area contributed by atoms with Gasteiger partial charge in [-0.05, 0) is 36.1 Å². The Morgan fingerprint density at radius 2 is 2.33 bits per heavy atom. The first kappa shape index (κ1) is 12.2. The van der Waals surface area contributed by atoms with Crippen LogP contribution in [0, 0.1) is 18.8 Å². The van der Waals surface area contributed by atoms with E-state index in [1.807, 2.05) is 12.3 Å². The Morgan fingerprint density at radius 3 is 3.00 bits per heavy atom. The Balaban J connectivity index is 1.84. The minimum Gasteiger partial charge on any atom is -0.335 e. The number of likely N-dealkylation sites (tertiary alicyclic amines) is 1. The molecule has 4 heteroatoms. The number of aryl methyl sites for hydroxylation is 1. The summed E-state index contributed by atoms with van der Waals surface area (Å²) in [7, 11) is 0. The number of thiophene rings is 1. The average molecular weight is 264 g/mol. The highest BCUT2D eigenvalue weighted by Gasteiger charge is 2.45. The Bertz CT molecular complexity index is 456. The summed E-state index contributed by atoms with van der Waals surface area (Å²) in [6.07, 6.45) is 1.07. The molecule has 0 bridgehead atoms. The molecule has 3 unspecified atom stereocenters. The SMILES string of the molecule is CCC1C2CNCC2CN1C(=O)c1cscc1C. The van der Waals surface area contributed by atoms with Crippen molar-refractivity contribution in [1.82, 2.24) is 10.2 Å². The van der Waals surface area contributed by atoms with Crippen molar-refractivity contribution in [1.29, 1.82) is 0 Å². The van der Waals surface area contributed by atoms with Crippen LogP contribution in [0.4, 0.5) is 0 Å². The standard InChI is InChI=1S/C14H20N2OS/c1-3-13-11-5-15-4-10(11)6-16(13)14(17)12-8-18-7-9(12)2/h7-8,10-11,13,15H,3-6H2,1-2H3. The van der Waals surface area contributed by atoms with Crippen molar-refractivity contribution >= 4 is 17.2 Å². The van der Waals surface area contributed by atoms with Gasteiger partial charge in [0.1, 0.15) is 0 Å². The van der Waals surface area contributed by atoms with E-state index in [0.717, 1.165) is 37.2 Å². The van der Waals surface area contributed by atoms with E-state index in [-0.39, 0.29) is 5.91 Å². The molecule has 2 aliphatic heterocycles. The van der Waals surface area contributed by atoms with Crippen molar-refractivity contribution in [3.05, 3.63) is 21.9 Å². The van der Waals surface area contributed by atoms with Crippen LogP contribution >= 0.6 is 11.3 Å². The maximum atomic E-state index is 12.6. The normalized spacial score (nSPS) is 30.8. The second kappa shape index (κ2) is 4.67. The van der Waals surface area contributed by atoms with E-state index in [2.05, 4.69) is 22.5 Å². The van der Waals surface area contributed by atoms with Crippen LogP contribution < -0.4 is 5.32 Å². The molecule has 0 aromatic carbocycles.